The van der Waals surface area contributed by atoms with Crippen molar-refractivity contribution >= 4 is 5.97 Å². The summed E-state index contributed by atoms with van der Waals surface area (Å²) in [6.07, 6.45) is 0. The lowest BCUT2D eigenvalue weighted by Gasteiger charge is -2.22. The Morgan fingerprint density at radius 1 is 1.28 bits per heavy atom. The van der Waals surface area contributed by atoms with Crippen LogP contribution in [0.1, 0.15) is 33.3 Å². The molecule has 1 aromatic rings. The number of hydrogen-bond donors (Lipinski definition) is 2. The summed E-state index contributed by atoms with van der Waals surface area (Å²) in [6.45, 7) is 7.92. The fourth-order valence-electron chi connectivity index (χ4n) is 1.26. The predicted octanol–water partition coefficient (Wildman–Crippen LogP) is 2.45. The summed E-state index contributed by atoms with van der Waals surface area (Å²) in [5.74, 6) is 0.0463. The Morgan fingerprint density at radius 3 is 2.06 bits per heavy atom. The highest BCUT2D eigenvalue weighted by molar-refractivity contribution is 5.62. The third kappa shape index (κ3) is 6.25. The molecule has 0 saturated carbocycles. The second-order valence-electron chi connectivity index (χ2n) is 4.52. The molecule has 0 heterocycles. The lowest BCUT2D eigenvalue weighted by atomic mass is 9.86. The van der Waals surface area contributed by atoms with E-state index in [4.69, 9.17) is 14.6 Å². The minimum absolute atomic E-state index is 0.154. The second-order valence-corrected chi connectivity index (χ2v) is 4.52. The fraction of sp³-hybridized carbons (Fsp3) is 0.500. The summed E-state index contributed by atoms with van der Waals surface area (Å²) in [5, 5.41) is 16.6. The molecule has 0 fully saturated rings. The first-order valence-corrected chi connectivity index (χ1v) is 5.87. The predicted molar refractivity (Wildman–Crippen MR) is 71.0 cm³/mol. The standard InChI is InChI=1S/C12H18O2.C2H4O2/c1-4-14-11-7-5-10(6-8-11)12(2,3)9-13;1-2(3)4/h5-8,13H,4,9H2,1-3H3;1H3,(H,3,4). The van der Waals surface area contributed by atoms with E-state index in [1.807, 2.05) is 45.0 Å². The fourth-order valence-corrected chi connectivity index (χ4v) is 1.26. The molecule has 0 unspecified atom stereocenters. The Balaban J connectivity index is 0.000000631. The van der Waals surface area contributed by atoms with E-state index in [9.17, 15) is 5.11 Å². The molecule has 18 heavy (non-hydrogen) atoms. The van der Waals surface area contributed by atoms with Crippen LogP contribution in [-0.2, 0) is 10.2 Å². The quantitative estimate of drug-likeness (QED) is 0.866. The lowest BCUT2D eigenvalue weighted by Crippen LogP contribution is -2.21. The van der Waals surface area contributed by atoms with Crippen LogP contribution in [0.15, 0.2) is 24.3 Å². The molecular weight excluding hydrogens is 232 g/mol. The van der Waals surface area contributed by atoms with Gasteiger partial charge >= 0.3 is 0 Å². The van der Waals surface area contributed by atoms with Crippen molar-refractivity contribution in [3.8, 4) is 5.75 Å². The van der Waals surface area contributed by atoms with Gasteiger partial charge in [-0.05, 0) is 24.6 Å². The van der Waals surface area contributed by atoms with Crippen molar-refractivity contribution in [2.75, 3.05) is 13.2 Å². The normalized spacial score (nSPS) is 10.3. The Morgan fingerprint density at radius 2 is 1.72 bits per heavy atom. The molecule has 1 aromatic carbocycles. The van der Waals surface area contributed by atoms with Crippen LogP contribution in [0.25, 0.3) is 0 Å². The molecule has 1 rings (SSSR count). The smallest absolute Gasteiger partial charge is 0.300 e. The number of ether oxygens (including phenoxy) is 1. The molecule has 0 atom stereocenters. The third-order valence-corrected chi connectivity index (χ3v) is 2.34. The molecule has 0 bridgehead atoms. The van der Waals surface area contributed by atoms with E-state index in [-0.39, 0.29) is 12.0 Å². The van der Waals surface area contributed by atoms with E-state index in [1.165, 1.54) is 0 Å². The van der Waals surface area contributed by atoms with Gasteiger partial charge in [0.05, 0.1) is 13.2 Å². The van der Waals surface area contributed by atoms with Gasteiger partial charge < -0.3 is 14.9 Å². The number of carboxylic acid groups (broad SMARTS) is 1. The van der Waals surface area contributed by atoms with E-state index in [1.54, 1.807) is 0 Å². The molecule has 0 saturated heterocycles. The largest absolute Gasteiger partial charge is 0.494 e. The van der Waals surface area contributed by atoms with Gasteiger partial charge in [-0.25, -0.2) is 0 Å². The van der Waals surface area contributed by atoms with Gasteiger partial charge in [0, 0.05) is 12.3 Å². The van der Waals surface area contributed by atoms with Crippen LogP contribution >= 0.6 is 0 Å². The Bertz CT molecular complexity index is 351. The summed E-state index contributed by atoms with van der Waals surface area (Å²) in [5.41, 5.74) is 0.952. The maximum absolute atomic E-state index is 9.19. The molecular formula is C14H22O4. The Labute approximate surface area is 108 Å². The monoisotopic (exact) mass is 254 g/mol. The van der Waals surface area contributed by atoms with Crippen LogP contribution in [-0.4, -0.2) is 29.4 Å². The zero-order valence-electron chi connectivity index (χ0n) is 11.4. The number of rotatable bonds is 4. The van der Waals surface area contributed by atoms with Crippen molar-refractivity contribution in [1.82, 2.24) is 0 Å². The number of aliphatic hydroxyl groups is 1. The molecule has 0 amide bonds. The molecule has 0 spiro atoms. The van der Waals surface area contributed by atoms with Gasteiger partial charge in [-0.2, -0.15) is 0 Å². The Hall–Kier alpha value is -1.55. The zero-order chi connectivity index (χ0) is 14.2. The van der Waals surface area contributed by atoms with Gasteiger partial charge in [0.1, 0.15) is 5.75 Å². The van der Waals surface area contributed by atoms with Crippen molar-refractivity contribution in [2.24, 2.45) is 0 Å². The number of benzene rings is 1. The Kier molecular flexibility index (Phi) is 7.05. The molecule has 0 aliphatic heterocycles. The summed E-state index contributed by atoms with van der Waals surface area (Å²) >= 11 is 0. The molecule has 4 nitrogen and oxygen atoms in total. The van der Waals surface area contributed by atoms with Gasteiger partial charge in [-0.1, -0.05) is 26.0 Å². The number of hydrogen-bond acceptors (Lipinski definition) is 3. The average molecular weight is 254 g/mol. The van der Waals surface area contributed by atoms with Crippen molar-refractivity contribution in [3.63, 3.8) is 0 Å². The highest BCUT2D eigenvalue weighted by Gasteiger charge is 2.18. The van der Waals surface area contributed by atoms with E-state index in [0.717, 1.165) is 18.2 Å². The van der Waals surface area contributed by atoms with Crippen LogP contribution in [0.2, 0.25) is 0 Å². The first-order chi connectivity index (χ1) is 8.33. The van der Waals surface area contributed by atoms with E-state index in [2.05, 4.69) is 0 Å². The molecule has 102 valence electrons. The number of aliphatic carboxylic acids is 1. The lowest BCUT2D eigenvalue weighted by molar-refractivity contribution is -0.134. The third-order valence-electron chi connectivity index (χ3n) is 2.34. The highest BCUT2D eigenvalue weighted by Crippen LogP contribution is 2.24. The van der Waals surface area contributed by atoms with Gasteiger partial charge in [-0.3, -0.25) is 4.79 Å². The van der Waals surface area contributed by atoms with E-state index < -0.39 is 5.97 Å². The second kappa shape index (κ2) is 7.71. The van der Waals surface area contributed by atoms with Crippen molar-refractivity contribution in [2.45, 2.75) is 33.1 Å². The number of carbonyl (C=O) groups is 1. The molecule has 0 aliphatic carbocycles. The summed E-state index contributed by atoms with van der Waals surface area (Å²) in [7, 11) is 0. The van der Waals surface area contributed by atoms with Crippen LogP contribution in [0.4, 0.5) is 0 Å². The van der Waals surface area contributed by atoms with E-state index in [0.29, 0.717) is 6.61 Å². The van der Waals surface area contributed by atoms with E-state index >= 15 is 0 Å². The summed E-state index contributed by atoms with van der Waals surface area (Å²) in [4.78, 5) is 9.00. The number of carboxylic acids is 1. The first kappa shape index (κ1) is 16.4. The maximum atomic E-state index is 9.19. The average Bonchev–Trinajstić information content (AvgIpc) is 2.29. The highest BCUT2D eigenvalue weighted by atomic mass is 16.5. The van der Waals surface area contributed by atoms with Crippen LogP contribution in [0, 0.1) is 0 Å². The molecule has 0 aliphatic rings. The summed E-state index contributed by atoms with van der Waals surface area (Å²) in [6, 6.07) is 7.88. The van der Waals surface area contributed by atoms with Crippen LogP contribution in [0.5, 0.6) is 5.75 Å². The van der Waals surface area contributed by atoms with Gasteiger partial charge in [0.2, 0.25) is 0 Å². The first-order valence-electron chi connectivity index (χ1n) is 5.87. The molecule has 4 heteroatoms. The van der Waals surface area contributed by atoms with Gasteiger partial charge in [-0.15, -0.1) is 0 Å². The van der Waals surface area contributed by atoms with Crippen LogP contribution in [0.3, 0.4) is 0 Å². The van der Waals surface area contributed by atoms with Crippen LogP contribution < -0.4 is 4.74 Å². The minimum Gasteiger partial charge on any atom is -0.494 e. The van der Waals surface area contributed by atoms with Gasteiger partial charge in [0.25, 0.3) is 5.97 Å². The summed E-state index contributed by atoms with van der Waals surface area (Å²) < 4.78 is 5.34. The topological polar surface area (TPSA) is 66.8 Å². The maximum Gasteiger partial charge on any atom is 0.300 e. The SMILES string of the molecule is CC(=O)O.CCOc1ccc(C(C)(C)CO)cc1. The molecule has 0 radical (unpaired) electrons. The van der Waals surface area contributed by atoms with Crippen molar-refractivity contribution in [1.29, 1.82) is 0 Å². The number of aliphatic hydroxyl groups excluding tert-OH is 1. The van der Waals surface area contributed by atoms with Gasteiger partial charge in [0.15, 0.2) is 0 Å². The zero-order valence-corrected chi connectivity index (χ0v) is 11.4. The minimum atomic E-state index is -0.833. The molecule has 0 aromatic heterocycles. The van der Waals surface area contributed by atoms with Crippen molar-refractivity contribution in [3.05, 3.63) is 29.8 Å². The van der Waals surface area contributed by atoms with Crippen molar-refractivity contribution < 1.29 is 19.7 Å². The molecule has 2 N–H and O–H groups in total.